The summed E-state index contributed by atoms with van der Waals surface area (Å²) >= 11 is 6.10. The molecule has 3 aromatic rings. The highest BCUT2D eigenvalue weighted by Gasteiger charge is 2.20. The summed E-state index contributed by atoms with van der Waals surface area (Å²) in [5.41, 5.74) is 9.81. The van der Waals surface area contributed by atoms with Crippen LogP contribution in [0.5, 0.6) is 0 Å². The molecule has 0 unspecified atom stereocenters. The Balaban J connectivity index is 2.29. The first-order valence-corrected chi connectivity index (χ1v) is 7.47. The molecule has 0 aliphatic carbocycles. The molecule has 0 aliphatic rings. The molecule has 3 N–H and O–H groups in total. The summed E-state index contributed by atoms with van der Waals surface area (Å²) in [6.07, 6.45) is 1.72. The molecule has 0 spiro atoms. The third-order valence-electron chi connectivity index (χ3n) is 3.60. The summed E-state index contributed by atoms with van der Waals surface area (Å²) < 4.78 is 5.00. The van der Waals surface area contributed by atoms with Crippen molar-refractivity contribution in [1.82, 2.24) is 15.2 Å². The Labute approximate surface area is 137 Å². The van der Waals surface area contributed by atoms with Gasteiger partial charge in [-0.3, -0.25) is 5.10 Å². The van der Waals surface area contributed by atoms with Crippen LogP contribution in [0, 0.1) is 6.92 Å². The molecule has 6 nitrogen and oxygen atoms in total. The third kappa shape index (κ3) is 2.61. The number of esters is 1. The highest BCUT2D eigenvalue weighted by molar-refractivity contribution is 6.30. The highest BCUT2D eigenvalue weighted by atomic mass is 35.5. The van der Waals surface area contributed by atoms with Crippen LogP contribution >= 0.6 is 11.6 Å². The zero-order chi connectivity index (χ0) is 16.6. The van der Waals surface area contributed by atoms with Crippen molar-refractivity contribution in [1.29, 1.82) is 0 Å². The molecule has 0 atom stereocenters. The van der Waals surface area contributed by atoms with E-state index in [1.165, 1.54) is 0 Å². The topological polar surface area (TPSA) is 93.9 Å². The zero-order valence-corrected chi connectivity index (χ0v) is 13.4. The lowest BCUT2D eigenvalue weighted by Crippen LogP contribution is -2.11. The van der Waals surface area contributed by atoms with Crippen LogP contribution in [0.15, 0.2) is 24.4 Å². The molecule has 0 amide bonds. The molecular formula is C16H15ClN4O2. The summed E-state index contributed by atoms with van der Waals surface area (Å²) in [4.78, 5) is 16.1. The van der Waals surface area contributed by atoms with E-state index in [1.807, 2.05) is 19.1 Å². The van der Waals surface area contributed by atoms with Gasteiger partial charge in [0, 0.05) is 10.9 Å². The molecule has 1 aromatic carbocycles. The molecular weight excluding hydrogens is 316 g/mol. The van der Waals surface area contributed by atoms with Crippen LogP contribution in [0.25, 0.3) is 22.0 Å². The lowest BCUT2D eigenvalue weighted by Gasteiger charge is -2.13. The van der Waals surface area contributed by atoms with Crippen molar-refractivity contribution in [2.45, 2.75) is 13.8 Å². The normalized spacial score (nSPS) is 10.9. The Morgan fingerprint density at radius 1 is 1.43 bits per heavy atom. The van der Waals surface area contributed by atoms with Crippen molar-refractivity contribution in [3.63, 3.8) is 0 Å². The van der Waals surface area contributed by atoms with Gasteiger partial charge in [-0.25, -0.2) is 9.78 Å². The molecule has 0 aliphatic heterocycles. The van der Waals surface area contributed by atoms with E-state index < -0.39 is 5.97 Å². The minimum atomic E-state index is -0.592. The molecule has 2 aromatic heterocycles. The predicted octanol–water partition coefficient (Wildman–Crippen LogP) is 3.35. The van der Waals surface area contributed by atoms with Gasteiger partial charge in [0.25, 0.3) is 0 Å². The monoisotopic (exact) mass is 330 g/mol. The number of hydrogen-bond acceptors (Lipinski definition) is 5. The molecule has 7 heteroatoms. The number of ether oxygens (including phenoxy) is 1. The number of nitrogens with one attached hydrogen (secondary N) is 1. The van der Waals surface area contributed by atoms with Crippen LogP contribution in [0.1, 0.15) is 23.0 Å². The number of H-pyrrole nitrogens is 1. The number of pyridine rings is 1. The molecule has 0 fully saturated rings. The van der Waals surface area contributed by atoms with Crippen LogP contribution < -0.4 is 5.73 Å². The zero-order valence-electron chi connectivity index (χ0n) is 12.7. The maximum atomic E-state index is 12.1. The number of hydrogen-bond donors (Lipinski definition) is 2. The number of aromatic amines is 1. The summed E-state index contributed by atoms with van der Waals surface area (Å²) in [6, 6.07) is 5.54. The lowest BCUT2D eigenvalue weighted by molar-refractivity contribution is 0.0521. The SMILES string of the molecule is CCOC(=O)c1nc(Cl)cc(-c2c(C)ccc3[nH]ncc23)c1N. The highest BCUT2D eigenvalue weighted by Crippen LogP contribution is 2.37. The minimum absolute atomic E-state index is 0.0225. The van der Waals surface area contributed by atoms with Gasteiger partial charge in [-0.2, -0.15) is 5.10 Å². The Kier molecular flexibility index (Phi) is 3.92. The molecule has 2 heterocycles. The minimum Gasteiger partial charge on any atom is -0.461 e. The van der Waals surface area contributed by atoms with Crippen molar-refractivity contribution in [3.8, 4) is 11.1 Å². The summed E-state index contributed by atoms with van der Waals surface area (Å²) in [5, 5.41) is 8.05. The number of fused-ring (bicyclic) bond motifs is 1. The van der Waals surface area contributed by atoms with Gasteiger partial charge in [-0.1, -0.05) is 17.7 Å². The average Bonchev–Trinajstić information content (AvgIpc) is 2.98. The van der Waals surface area contributed by atoms with Crippen molar-refractivity contribution in [2.24, 2.45) is 0 Å². The largest absolute Gasteiger partial charge is 0.461 e. The van der Waals surface area contributed by atoms with Gasteiger partial charge < -0.3 is 10.5 Å². The Bertz CT molecular complexity index is 904. The maximum Gasteiger partial charge on any atom is 0.359 e. The number of benzene rings is 1. The molecule has 3 rings (SSSR count). The number of carbonyl (C=O) groups is 1. The van der Waals surface area contributed by atoms with E-state index in [4.69, 9.17) is 22.1 Å². The van der Waals surface area contributed by atoms with E-state index in [0.29, 0.717) is 5.56 Å². The first-order valence-electron chi connectivity index (χ1n) is 7.09. The Hall–Kier alpha value is -2.60. The van der Waals surface area contributed by atoms with Gasteiger partial charge in [0.1, 0.15) is 5.15 Å². The van der Waals surface area contributed by atoms with E-state index in [1.54, 1.807) is 19.2 Å². The van der Waals surface area contributed by atoms with Crippen LogP contribution in [-0.2, 0) is 4.74 Å². The first kappa shape index (κ1) is 15.3. The van der Waals surface area contributed by atoms with Crippen molar-refractivity contribution in [3.05, 3.63) is 40.8 Å². The smallest absolute Gasteiger partial charge is 0.359 e. The predicted molar refractivity (Wildman–Crippen MR) is 89.4 cm³/mol. The van der Waals surface area contributed by atoms with Crippen LogP contribution in [0.2, 0.25) is 5.15 Å². The second kappa shape index (κ2) is 5.89. The lowest BCUT2D eigenvalue weighted by atomic mass is 9.95. The Morgan fingerprint density at radius 2 is 2.22 bits per heavy atom. The number of nitrogen functional groups attached to an aromatic ring is 1. The number of nitrogens with two attached hydrogens (primary N) is 1. The fourth-order valence-electron chi connectivity index (χ4n) is 2.57. The van der Waals surface area contributed by atoms with Gasteiger partial charge in [-0.05, 0) is 37.1 Å². The number of anilines is 1. The number of halogens is 1. The van der Waals surface area contributed by atoms with Crippen molar-refractivity contribution in [2.75, 3.05) is 12.3 Å². The number of carbonyl (C=O) groups excluding carboxylic acids is 1. The van der Waals surface area contributed by atoms with E-state index in [2.05, 4.69) is 15.2 Å². The number of nitrogens with zero attached hydrogens (tertiary/aromatic N) is 2. The Morgan fingerprint density at radius 3 is 2.96 bits per heavy atom. The second-order valence-corrected chi connectivity index (χ2v) is 5.45. The summed E-state index contributed by atoms with van der Waals surface area (Å²) in [5.74, 6) is -0.592. The third-order valence-corrected chi connectivity index (χ3v) is 3.79. The van der Waals surface area contributed by atoms with Crippen molar-refractivity contribution < 1.29 is 9.53 Å². The molecule has 118 valence electrons. The van der Waals surface area contributed by atoms with Crippen LogP contribution in [0.3, 0.4) is 0 Å². The van der Waals surface area contributed by atoms with Gasteiger partial charge in [0.2, 0.25) is 0 Å². The summed E-state index contributed by atoms with van der Waals surface area (Å²) in [7, 11) is 0. The van der Waals surface area contributed by atoms with Gasteiger partial charge in [-0.15, -0.1) is 0 Å². The van der Waals surface area contributed by atoms with E-state index in [-0.39, 0.29) is 23.1 Å². The maximum absolute atomic E-state index is 12.1. The number of rotatable bonds is 3. The fourth-order valence-corrected chi connectivity index (χ4v) is 2.76. The molecule has 0 bridgehead atoms. The molecule has 23 heavy (non-hydrogen) atoms. The van der Waals surface area contributed by atoms with Crippen LogP contribution in [-0.4, -0.2) is 27.8 Å². The average molecular weight is 331 g/mol. The molecule has 0 saturated carbocycles. The van der Waals surface area contributed by atoms with Gasteiger partial charge in [0.05, 0.1) is 24.0 Å². The summed E-state index contributed by atoms with van der Waals surface area (Å²) in [6.45, 7) is 3.91. The molecule has 0 radical (unpaired) electrons. The van der Waals surface area contributed by atoms with E-state index >= 15 is 0 Å². The second-order valence-electron chi connectivity index (χ2n) is 5.06. The van der Waals surface area contributed by atoms with Crippen molar-refractivity contribution >= 4 is 34.2 Å². The quantitative estimate of drug-likeness (QED) is 0.567. The van der Waals surface area contributed by atoms with Gasteiger partial charge >= 0.3 is 5.97 Å². The number of aryl methyl sites for hydroxylation is 1. The first-order chi connectivity index (χ1) is 11.0. The molecule has 0 saturated heterocycles. The van der Waals surface area contributed by atoms with E-state index in [0.717, 1.165) is 22.0 Å². The fraction of sp³-hybridized carbons (Fsp3) is 0.188. The standard InChI is InChI=1S/C16H15ClN4O2/c1-3-23-16(22)15-14(18)9(6-12(17)20-15)13-8(2)4-5-11-10(13)7-19-21-11/h4-7H,3,18H2,1-2H3,(H,19,21). The van der Waals surface area contributed by atoms with E-state index in [9.17, 15) is 4.79 Å². The van der Waals surface area contributed by atoms with Crippen LogP contribution in [0.4, 0.5) is 5.69 Å². The number of aromatic nitrogens is 3. The van der Waals surface area contributed by atoms with Gasteiger partial charge in [0.15, 0.2) is 5.69 Å².